The van der Waals surface area contributed by atoms with E-state index in [2.05, 4.69) is 22.0 Å². The van der Waals surface area contributed by atoms with Crippen molar-refractivity contribution in [3.8, 4) is 0 Å². The van der Waals surface area contributed by atoms with Crippen molar-refractivity contribution in [3.05, 3.63) is 23.3 Å². The van der Waals surface area contributed by atoms with Crippen LogP contribution < -0.4 is 0 Å². The molecule has 0 spiro atoms. The van der Waals surface area contributed by atoms with Gasteiger partial charge in [-0.15, -0.1) is 5.10 Å². The molecule has 0 unspecified atom stereocenters. The highest BCUT2D eigenvalue weighted by atomic mass is 16.2. The molecule has 0 saturated carbocycles. The van der Waals surface area contributed by atoms with Crippen LogP contribution in [0.2, 0.25) is 0 Å². The fourth-order valence-electron chi connectivity index (χ4n) is 2.61. The summed E-state index contributed by atoms with van der Waals surface area (Å²) in [5.41, 5.74) is 1.82. The second-order valence-electron chi connectivity index (χ2n) is 5.66. The molecule has 0 bridgehead atoms. The van der Waals surface area contributed by atoms with Crippen LogP contribution in [0.5, 0.6) is 0 Å². The SMILES string of the molecule is Cc1cc(C)n2nc(C(=O)N3CCC(C)CC3)nc2n1. The van der Waals surface area contributed by atoms with Crippen molar-refractivity contribution in [2.75, 3.05) is 13.1 Å². The molecular formula is C14H19N5O. The molecule has 6 nitrogen and oxygen atoms in total. The molecule has 6 heteroatoms. The van der Waals surface area contributed by atoms with Crippen LogP contribution >= 0.6 is 0 Å². The zero-order valence-electron chi connectivity index (χ0n) is 12.1. The fourth-order valence-corrected chi connectivity index (χ4v) is 2.61. The summed E-state index contributed by atoms with van der Waals surface area (Å²) in [6, 6.07) is 1.93. The number of aryl methyl sites for hydroxylation is 2. The monoisotopic (exact) mass is 273 g/mol. The number of nitrogens with zero attached hydrogens (tertiary/aromatic N) is 5. The van der Waals surface area contributed by atoms with Crippen LogP contribution in [-0.2, 0) is 0 Å². The van der Waals surface area contributed by atoms with Crippen LogP contribution in [0.1, 0.15) is 41.8 Å². The van der Waals surface area contributed by atoms with E-state index in [1.54, 1.807) is 4.52 Å². The quantitative estimate of drug-likeness (QED) is 0.792. The Morgan fingerprint density at radius 2 is 1.95 bits per heavy atom. The fraction of sp³-hybridized carbons (Fsp3) is 0.571. The Morgan fingerprint density at radius 3 is 2.65 bits per heavy atom. The average Bonchev–Trinajstić information content (AvgIpc) is 2.83. The van der Waals surface area contributed by atoms with E-state index in [0.29, 0.717) is 11.7 Å². The van der Waals surface area contributed by atoms with Gasteiger partial charge in [0.25, 0.3) is 11.7 Å². The van der Waals surface area contributed by atoms with Crippen molar-refractivity contribution in [3.63, 3.8) is 0 Å². The number of hydrogen-bond acceptors (Lipinski definition) is 4. The lowest BCUT2D eigenvalue weighted by Gasteiger charge is -2.29. The molecule has 20 heavy (non-hydrogen) atoms. The Labute approximate surface area is 117 Å². The predicted molar refractivity (Wildman–Crippen MR) is 74.6 cm³/mol. The summed E-state index contributed by atoms with van der Waals surface area (Å²) in [4.78, 5) is 22.9. The van der Waals surface area contributed by atoms with Gasteiger partial charge in [0, 0.05) is 24.5 Å². The Balaban J connectivity index is 1.90. The van der Waals surface area contributed by atoms with Gasteiger partial charge in [-0.25, -0.2) is 9.50 Å². The van der Waals surface area contributed by atoms with Crippen molar-refractivity contribution >= 4 is 11.7 Å². The van der Waals surface area contributed by atoms with E-state index in [1.165, 1.54) is 0 Å². The normalized spacial score (nSPS) is 16.9. The van der Waals surface area contributed by atoms with Crippen LogP contribution in [0.3, 0.4) is 0 Å². The molecule has 1 amide bonds. The van der Waals surface area contributed by atoms with E-state index in [4.69, 9.17) is 0 Å². The van der Waals surface area contributed by atoms with Gasteiger partial charge in [0.2, 0.25) is 5.82 Å². The summed E-state index contributed by atoms with van der Waals surface area (Å²) in [5, 5.41) is 4.30. The first kappa shape index (κ1) is 13.0. The van der Waals surface area contributed by atoms with Gasteiger partial charge in [-0.2, -0.15) is 4.98 Å². The van der Waals surface area contributed by atoms with Gasteiger partial charge in [-0.3, -0.25) is 4.79 Å². The Bertz CT molecular complexity index is 655. The maximum Gasteiger partial charge on any atom is 0.293 e. The Hall–Kier alpha value is -1.98. The summed E-state index contributed by atoms with van der Waals surface area (Å²) in [5.74, 6) is 1.36. The Kier molecular flexibility index (Phi) is 3.16. The molecule has 3 heterocycles. The number of aromatic nitrogens is 4. The number of amides is 1. The summed E-state index contributed by atoms with van der Waals surface area (Å²) >= 11 is 0. The van der Waals surface area contributed by atoms with Crippen molar-refractivity contribution < 1.29 is 4.79 Å². The summed E-state index contributed by atoms with van der Waals surface area (Å²) in [6.45, 7) is 7.66. The first-order valence-corrected chi connectivity index (χ1v) is 7.05. The molecule has 0 radical (unpaired) electrons. The minimum atomic E-state index is -0.0838. The van der Waals surface area contributed by atoms with Gasteiger partial charge in [0.1, 0.15) is 0 Å². The second kappa shape index (κ2) is 4.85. The smallest absolute Gasteiger partial charge is 0.293 e. The van der Waals surface area contributed by atoms with Gasteiger partial charge in [0.15, 0.2) is 0 Å². The number of rotatable bonds is 1. The third kappa shape index (κ3) is 2.26. The van der Waals surface area contributed by atoms with E-state index in [9.17, 15) is 4.79 Å². The van der Waals surface area contributed by atoms with Gasteiger partial charge < -0.3 is 4.90 Å². The highest BCUT2D eigenvalue weighted by Crippen LogP contribution is 2.17. The second-order valence-corrected chi connectivity index (χ2v) is 5.66. The molecule has 2 aromatic rings. The Morgan fingerprint density at radius 1 is 1.25 bits per heavy atom. The van der Waals surface area contributed by atoms with E-state index < -0.39 is 0 Å². The molecule has 0 N–H and O–H groups in total. The van der Waals surface area contributed by atoms with Crippen molar-refractivity contribution in [2.45, 2.75) is 33.6 Å². The van der Waals surface area contributed by atoms with Crippen molar-refractivity contribution in [1.29, 1.82) is 0 Å². The van der Waals surface area contributed by atoms with Gasteiger partial charge in [-0.1, -0.05) is 6.92 Å². The van der Waals surface area contributed by atoms with Crippen molar-refractivity contribution in [1.82, 2.24) is 24.5 Å². The molecule has 0 atom stereocenters. The first-order chi connectivity index (χ1) is 9.54. The van der Waals surface area contributed by atoms with E-state index in [1.807, 2.05) is 24.8 Å². The lowest BCUT2D eigenvalue weighted by Crippen LogP contribution is -2.38. The molecule has 1 aliphatic rings. The lowest BCUT2D eigenvalue weighted by atomic mass is 9.99. The standard InChI is InChI=1S/C14H19N5O/c1-9-4-6-18(7-5-9)13(20)12-16-14-15-10(2)8-11(3)19(14)17-12/h8-9H,4-7H2,1-3H3. The summed E-state index contributed by atoms with van der Waals surface area (Å²) in [6.07, 6.45) is 2.10. The third-order valence-electron chi connectivity index (χ3n) is 3.88. The van der Waals surface area contributed by atoms with E-state index in [-0.39, 0.29) is 11.7 Å². The van der Waals surface area contributed by atoms with Gasteiger partial charge in [0.05, 0.1) is 0 Å². The third-order valence-corrected chi connectivity index (χ3v) is 3.88. The lowest BCUT2D eigenvalue weighted by molar-refractivity contribution is 0.0685. The zero-order valence-corrected chi connectivity index (χ0v) is 12.1. The molecular weight excluding hydrogens is 254 g/mol. The molecule has 3 rings (SSSR count). The highest BCUT2D eigenvalue weighted by Gasteiger charge is 2.24. The zero-order chi connectivity index (χ0) is 14.3. The molecule has 106 valence electrons. The number of likely N-dealkylation sites (tertiary alicyclic amines) is 1. The minimum Gasteiger partial charge on any atom is -0.336 e. The van der Waals surface area contributed by atoms with Crippen LogP contribution in [0.25, 0.3) is 5.78 Å². The molecule has 1 saturated heterocycles. The largest absolute Gasteiger partial charge is 0.336 e. The first-order valence-electron chi connectivity index (χ1n) is 7.05. The van der Waals surface area contributed by atoms with Crippen LogP contribution in [0.15, 0.2) is 6.07 Å². The maximum atomic E-state index is 12.4. The molecule has 0 aliphatic carbocycles. The van der Waals surface area contributed by atoms with Crippen LogP contribution in [0.4, 0.5) is 0 Å². The number of carbonyl (C=O) groups excluding carboxylic acids is 1. The van der Waals surface area contributed by atoms with Gasteiger partial charge >= 0.3 is 0 Å². The number of carbonyl (C=O) groups is 1. The summed E-state index contributed by atoms with van der Waals surface area (Å²) < 4.78 is 1.63. The van der Waals surface area contributed by atoms with E-state index >= 15 is 0 Å². The van der Waals surface area contributed by atoms with Gasteiger partial charge in [-0.05, 0) is 38.7 Å². The average molecular weight is 273 g/mol. The van der Waals surface area contributed by atoms with Crippen LogP contribution in [0, 0.1) is 19.8 Å². The molecule has 1 fully saturated rings. The summed E-state index contributed by atoms with van der Waals surface area (Å²) in [7, 11) is 0. The number of hydrogen-bond donors (Lipinski definition) is 0. The van der Waals surface area contributed by atoms with Crippen LogP contribution in [-0.4, -0.2) is 43.5 Å². The minimum absolute atomic E-state index is 0.0838. The molecule has 0 aromatic carbocycles. The maximum absolute atomic E-state index is 12.4. The molecule has 1 aliphatic heterocycles. The predicted octanol–water partition coefficient (Wildman–Crippen LogP) is 1.61. The molecule has 2 aromatic heterocycles. The number of piperidine rings is 1. The highest BCUT2D eigenvalue weighted by molar-refractivity contribution is 5.90. The van der Waals surface area contributed by atoms with E-state index in [0.717, 1.165) is 37.3 Å². The number of fused-ring (bicyclic) bond motifs is 1. The topological polar surface area (TPSA) is 63.4 Å². The van der Waals surface area contributed by atoms with Crippen molar-refractivity contribution in [2.24, 2.45) is 5.92 Å².